The van der Waals surface area contributed by atoms with E-state index in [0.29, 0.717) is 36.4 Å². The Morgan fingerprint density at radius 1 is 0.895 bits per heavy atom. The third-order valence-corrected chi connectivity index (χ3v) is 5.59. The fourth-order valence-corrected chi connectivity index (χ4v) is 3.38. The van der Waals surface area contributed by atoms with E-state index in [-0.39, 0.29) is 32.1 Å². The predicted octanol–water partition coefficient (Wildman–Crippen LogP) is 4.46. The second kappa shape index (κ2) is 13.3. The Balaban J connectivity index is 1.77. The van der Waals surface area contributed by atoms with Gasteiger partial charge in [0.1, 0.15) is 18.5 Å². The Hall–Kier alpha value is -2.83. The number of benzene rings is 2. The number of halogens is 6. The van der Waals surface area contributed by atoms with E-state index in [9.17, 15) is 41.4 Å². The highest BCUT2D eigenvalue weighted by Crippen LogP contribution is 2.49. The van der Waals surface area contributed by atoms with Gasteiger partial charge in [0.2, 0.25) is 0 Å². The Kier molecular flexibility index (Phi) is 11.0. The molecule has 0 aliphatic carbocycles. The van der Waals surface area contributed by atoms with Gasteiger partial charge in [0.25, 0.3) is 5.60 Å². The molecule has 0 aromatic heterocycles. The minimum Gasteiger partial charge on any atom is -0.491 e. The van der Waals surface area contributed by atoms with Gasteiger partial charge in [-0.05, 0) is 29.7 Å². The molecule has 0 amide bonds. The average Bonchev–Trinajstić information content (AvgIpc) is 2.84. The van der Waals surface area contributed by atoms with Crippen LogP contribution in [0.1, 0.15) is 37.0 Å². The molecule has 0 spiro atoms. The van der Waals surface area contributed by atoms with Crippen molar-refractivity contribution in [1.82, 2.24) is 5.32 Å². The highest BCUT2D eigenvalue weighted by Gasteiger charge is 2.71. The summed E-state index contributed by atoms with van der Waals surface area (Å²) in [5.41, 5.74) is -5.18. The van der Waals surface area contributed by atoms with Crippen molar-refractivity contribution in [3.05, 3.63) is 65.2 Å². The number of hydrogen-bond acceptors (Lipinski definition) is 6. The molecule has 0 aliphatic heterocycles. The first kappa shape index (κ1) is 31.4. The second-order valence-corrected chi connectivity index (χ2v) is 9.05. The van der Waals surface area contributed by atoms with E-state index in [0.717, 1.165) is 17.7 Å². The fraction of sp³-hybridized carbons (Fsp3) is 0.500. The van der Waals surface area contributed by atoms with Crippen LogP contribution >= 0.6 is 0 Å². The number of esters is 1. The lowest BCUT2D eigenvalue weighted by atomic mass is 9.91. The highest BCUT2D eigenvalue weighted by atomic mass is 19.4. The molecule has 0 saturated carbocycles. The van der Waals surface area contributed by atoms with E-state index in [4.69, 9.17) is 9.47 Å². The van der Waals surface area contributed by atoms with Crippen LogP contribution in [0.2, 0.25) is 0 Å². The van der Waals surface area contributed by atoms with Crippen molar-refractivity contribution in [1.29, 1.82) is 0 Å². The summed E-state index contributed by atoms with van der Waals surface area (Å²) in [7, 11) is 0. The van der Waals surface area contributed by atoms with Gasteiger partial charge in [0.05, 0.1) is 6.61 Å². The molecule has 0 fully saturated rings. The minimum absolute atomic E-state index is 0.0279. The van der Waals surface area contributed by atoms with Gasteiger partial charge in [-0.25, -0.2) is 0 Å². The van der Waals surface area contributed by atoms with Crippen molar-refractivity contribution in [3.63, 3.8) is 0 Å². The molecule has 1 atom stereocenters. The molecule has 0 saturated heterocycles. The van der Waals surface area contributed by atoms with Crippen LogP contribution in [0.25, 0.3) is 0 Å². The molecule has 3 N–H and O–H groups in total. The van der Waals surface area contributed by atoms with Crippen molar-refractivity contribution in [2.24, 2.45) is 0 Å². The first-order chi connectivity index (χ1) is 17.6. The molecule has 6 nitrogen and oxygen atoms in total. The van der Waals surface area contributed by atoms with E-state index < -0.39 is 35.6 Å². The number of carbonyl (C=O) groups excluding carboxylic acids is 1. The molecule has 0 aliphatic rings. The zero-order valence-electron chi connectivity index (χ0n) is 20.9. The molecule has 38 heavy (non-hydrogen) atoms. The van der Waals surface area contributed by atoms with Crippen LogP contribution < -0.4 is 10.1 Å². The van der Waals surface area contributed by atoms with Gasteiger partial charge in [-0.1, -0.05) is 50.2 Å². The maximum Gasteiger partial charge on any atom is 0.430 e. The SMILES string of the molecule is CC(C)NC[C@H](O)COc1ccc(CCOC(=O)CCc2ccc(C(O)(C(F)(F)F)C(F)(F)F)cc2)cc1. The minimum atomic E-state index is -5.96. The van der Waals surface area contributed by atoms with Gasteiger partial charge >= 0.3 is 18.3 Å². The topological polar surface area (TPSA) is 88.0 Å². The third-order valence-electron chi connectivity index (χ3n) is 5.59. The van der Waals surface area contributed by atoms with Crippen LogP contribution in [0, 0.1) is 0 Å². The quantitative estimate of drug-likeness (QED) is 0.252. The molecule has 0 unspecified atom stereocenters. The molecule has 2 rings (SSSR count). The van der Waals surface area contributed by atoms with Crippen molar-refractivity contribution in [3.8, 4) is 5.75 Å². The molecule has 0 radical (unpaired) electrons. The number of aryl methyl sites for hydroxylation is 1. The van der Waals surface area contributed by atoms with Gasteiger partial charge in [0, 0.05) is 31.0 Å². The average molecular weight is 552 g/mol. The molecular formula is C26H31F6NO5. The summed E-state index contributed by atoms with van der Waals surface area (Å²) < 4.78 is 88.5. The number of carbonyl (C=O) groups is 1. The summed E-state index contributed by atoms with van der Waals surface area (Å²) >= 11 is 0. The number of ether oxygens (including phenoxy) is 2. The van der Waals surface area contributed by atoms with Crippen molar-refractivity contribution in [2.45, 2.75) is 63.2 Å². The number of alkyl halides is 6. The molecule has 212 valence electrons. The van der Waals surface area contributed by atoms with E-state index in [1.54, 1.807) is 24.3 Å². The second-order valence-electron chi connectivity index (χ2n) is 9.05. The number of aliphatic hydroxyl groups is 2. The summed E-state index contributed by atoms with van der Waals surface area (Å²) in [6.45, 7) is 4.55. The van der Waals surface area contributed by atoms with Crippen LogP contribution in [0.5, 0.6) is 5.75 Å². The summed E-state index contributed by atoms with van der Waals surface area (Å²) in [5, 5.41) is 22.4. The Morgan fingerprint density at radius 3 is 1.95 bits per heavy atom. The standard InChI is InChI=1S/C26H31F6NO5/c1-17(2)33-15-21(34)16-38-22-10-5-19(6-11-22)13-14-37-23(35)12-7-18-3-8-20(9-4-18)24(36,25(27,28)29)26(30,31)32/h3-6,8-11,17,21,33-34,36H,7,12-16H2,1-2H3/t21-/m0/s1. The van der Waals surface area contributed by atoms with Crippen LogP contribution in [0.4, 0.5) is 26.3 Å². The monoisotopic (exact) mass is 551 g/mol. The molecule has 2 aromatic rings. The van der Waals surface area contributed by atoms with E-state index in [1.807, 2.05) is 13.8 Å². The Morgan fingerprint density at radius 2 is 1.42 bits per heavy atom. The third kappa shape index (κ3) is 8.88. The highest BCUT2D eigenvalue weighted by molar-refractivity contribution is 5.69. The van der Waals surface area contributed by atoms with Gasteiger partial charge in [-0.15, -0.1) is 0 Å². The van der Waals surface area contributed by atoms with Gasteiger partial charge in [-0.3, -0.25) is 4.79 Å². The molecule has 0 bridgehead atoms. The van der Waals surface area contributed by atoms with E-state index in [1.165, 1.54) is 0 Å². The van der Waals surface area contributed by atoms with Gasteiger partial charge in [-0.2, -0.15) is 26.3 Å². The van der Waals surface area contributed by atoms with Crippen LogP contribution in [-0.2, 0) is 28.0 Å². The summed E-state index contributed by atoms with van der Waals surface area (Å²) in [6, 6.07) is 10.3. The Labute approximate surface area is 216 Å². The summed E-state index contributed by atoms with van der Waals surface area (Å²) in [5.74, 6) is -0.00983. The molecule has 12 heteroatoms. The van der Waals surface area contributed by atoms with E-state index in [2.05, 4.69) is 5.32 Å². The van der Waals surface area contributed by atoms with Crippen LogP contribution in [0.15, 0.2) is 48.5 Å². The maximum atomic E-state index is 13.0. The number of rotatable bonds is 13. The lowest BCUT2D eigenvalue weighted by molar-refractivity contribution is -0.376. The largest absolute Gasteiger partial charge is 0.491 e. The fourth-order valence-electron chi connectivity index (χ4n) is 3.38. The first-order valence-corrected chi connectivity index (χ1v) is 11.9. The zero-order valence-corrected chi connectivity index (χ0v) is 20.9. The zero-order chi connectivity index (χ0) is 28.6. The summed E-state index contributed by atoms with van der Waals surface area (Å²) in [6.07, 6.45) is -12.3. The lowest BCUT2D eigenvalue weighted by Gasteiger charge is -2.32. The van der Waals surface area contributed by atoms with Crippen molar-refractivity contribution in [2.75, 3.05) is 19.8 Å². The normalized spacial score (nSPS) is 13.4. The number of hydrogen-bond donors (Lipinski definition) is 3. The summed E-state index contributed by atoms with van der Waals surface area (Å²) in [4.78, 5) is 12.0. The van der Waals surface area contributed by atoms with Crippen molar-refractivity contribution < 1.29 is 50.8 Å². The molecule has 2 aromatic carbocycles. The maximum absolute atomic E-state index is 13.0. The molecular weight excluding hydrogens is 520 g/mol. The van der Waals surface area contributed by atoms with Crippen LogP contribution in [-0.4, -0.2) is 60.4 Å². The Bertz CT molecular complexity index is 993. The van der Waals surface area contributed by atoms with Gasteiger partial charge < -0.3 is 25.0 Å². The lowest BCUT2D eigenvalue weighted by Crippen LogP contribution is -2.53. The number of nitrogens with one attached hydrogen (secondary N) is 1. The van der Waals surface area contributed by atoms with Crippen LogP contribution in [0.3, 0.4) is 0 Å². The van der Waals surface area contributed by atoms with E-state index >= 15 is 0 Å². The first-order valence-electron chi connectivity index (χ1n) is 11.9. The predicted molar refractivity (Wildman–Crippen MR) is 127 cm³/mol. The van der Waals surface area contributed by atoms with Gasteiger partial charge in [0.15, 0.2) is 0 Å². The van der Waals surface area contributed by atoms with Crippen molar-refractivity contribution >= 4 is 5.97 Å². The smallest absolute Gasteiger partial charge is 0.430 e. The number of aliphatic hydroxyl groups excluding tert-OH is 1. The molecule has 0 heterocycles.